The minimum Gasteiger partial charge on any atom is -0.356 e. The minimum absolute atomic E-state index is 0.107. The molecule has 2 heterocycles. The molecule has 0 atom stereocenters. The van der Waals surface area contributed by atoms with Gasteiger partial charge >= 0.3 is 0 Å². The van der Waals surface area contributed by atoms with E-state index in [4.69, 9.17) is 0 Å². The summed E-state index contributed by atoms with van der Waals surface area (Å²) < 4.78 is 0. The van der Waals surface area contributed by atoms with Crippen molar-refractivity contribution in [1.29, 1.82) is 0 Å². The summed E-state index contributed by atoms with van der Waals surface area (Å²) >= 11 is 0. The van der Waals surface area contributed by atoms with E-state index in [9.17, 15) is 4.79 Å². The standard InChI is InChI=1S/C23H33N5O/c1-3-27(4-2)14-8-13-24-23(29)20-11-15-28(16-12-20)22-17-21(25-18-26-22)19-9-6-5-7-10-19/h5-7,9-10,17-18,20H,3-4,8,11-16H2,1-2H3,(H,24,29). The number of benzene rings is 1. The third kappa shape index (κ3) is 6.00. The highest BCUT2D eigenvalue weighted by molar-refractivity contribution is 5.79. The van der Waals surface area contributed by atoms with E-state index in [2.05, 4.69) is 51.1 Å². The lowest BCUT2D eigenvalue weighted by Gasteiger charge is -2.32. The number of anilines is 1. The number of piperidine rings is 1. The molecular weight excluding hydrogens is 362 g/mol. The fourth-order valence-electron chi connectivity index (χ4n) is 3.86. The summed E-state index contributed by atoms with van der Waals surface area (Å²) in [5.74, 6) is 1.25. The van der Waals surface area contributed by atoms with Crippen LogP contribution in [-0.2, 0) is 4.79 Å². The van der Waals surface area contributed by atoms with E-state index in [0.717, 1.165) is 75.6 Å². The smallest absolute Gasteiger partial charge is 0.223 e. The number of amides is 1. The lowest BCUT2D eigenvalue weighted by atomic mass is 9.96. The van der Waals surface area contributed by atoms with E-state index in [1.165, 1.54) is 0 Å². The molecule has 29 heavy (non-hydrogen) atoms. The molecule has 1 aromatic heterocycles. The van der Waals surface area contributed by atoms with E-state index in [-0.39, 0.29) is 11.8 Å². The summed E-state index contributed by atoms with van der Waals surface area (Å²) in [4.78, 5) is 26.0. The number of carbonyl (C=O) groups excluding carboxylic acids is 1. The second-order valence-electron chi connectivity index (χ2n) is 7.56. The third-order valence-electron chi connectivity index (χ3n) is 5.76. The Morgan fingerprint density at radius 1 is 1.14 bits per heavy atom. The number of carbonyl (C=O) groups is 1. The molecule has 0 spiro atoms. The number of aromatic nitrogens is 2. The summed E-state index contributed by atoms with van der Waals surface area (Å²) in [6.45, 7) is 10.00. The van der Waals surface area contributed by atoms with Gasteiger partial charge in [-0.3, -0.25) is 4.79 Å². The molecule has 1 fully saturated rings. The van der Waals surface area contributed by atoms with Gasteiger partial charge in [-0.2, -0.15) is 0 Å². The van der Waals surface area contributed by atoms with Crippen LogP contribution >= 0.6 is 0 Å². The molecule has 1 aliphatic heterocycles. The summed E-state index contributed by atoms with van der Waals surface area (Å²) in [7, 11) is 0. The van der Waals surface area contributed by atoms with E-state index >= 15 is 0 Å². The van der Waals surface area contributed by atoms with Crippen molar-refractivity contribution in [3.05, 3.63) is 42.7 Å². The molecule has 1 aliphatic rings. The minimum atomic E-state index is 0.107. The second-order valence-corrected chi connectivity index (χ2v) is 7.56. The molecule has 1 aromatic carbocycles. The number of nitrogens with zero attached hydrogens (tertiary/aromatic N) is 4. The molecule has 0 unspecified atom stereocenters. The van der Waals surface area contributed by atoms with E-state index < -0.39 is 0 Å². The van der Waals surface area contributed by atoms with Gasteiger partial charge in [0.2, 0.25) is 5.91 Å². The third-order valence-corrected chi connectivity index (χ3v) is 5.76. The van der Waals surface area contributed by atoms with Crippen molar-refractivity contribution in [3.8, 4) is 11.3 Å². The van der Waals surface area contributed by atoms with Crippen LogP contribution in [-0.4, -0.2) is 60.0 Å². The first-order valence-electron chi connectivity index (χ1n) is 10.8. The largest absolute Gasteiger partial charge is 0.356 e. The molecule has 156 valence electrons. The Balaban J connectivity index is 1.46. The summed E-state index contributed by atoms with van der Waals surface area (Å²) in [6.07, 6.45) is 4.38. The number of nitrogens with one attached hydrogen (secondary N) is 1. The quantitative estimate of drug-likeness (QED) is 0.661. The van der Waals surface area contributed by atoms with Gasteiger partial charge in [-0.15, -0.1) is 0 Å². The molecule has 1 saturated heterocycles. The molecular formula is C23H33N5O. The van der Waals surface area contributed by atoms with Crippen LogP contribution in [0.25, 0.3) is 11.3 Å². The van der Waals surface area contributed by atoms with Gasteiger partial charge in [0.1, 0.15) is 12.1 Å². The second kappa shape index (κ2) is 10.9. The van der Waals surface area contributed by atoms with Crippen LogP contribution in [0.3, 0.4) is 0 Å². The maximum Gasteiger partial charge on any atom is 0.223 e. The normalized spacial score (nSPS) is 14.9. The van der Waals surface area contributed by atoms with E-state index in [0.29, 0.717) is 0 Å². The molecule has 1 N–H and O–H groups in total. The van der Waals surface area contributed by atoms with E-state index in [1.807, 2.05) is 24.3 Å². The monoisotopic (exact) mass is 395 g/mol. The van der Waals surface area contributed by atoms with Crippen LogP contribution < -0.4 is 10.2 Å². The van der Waals surface area contributed by atoms with Crippen molar-refractivity contribution in [3.63, 3.8) is 0 Å². The summed E-state index contributed by atoms with van der Waals surface area (Å²) in [5, 5.41) is 3.13. The van der Waals surface area contributed by atoms with Crippen molar-refractivity contribution in [2.75, 3.05) is 44.2 Å². The van der Waals surface area contributed by atoms with Crippen LogP contribution in [0.2, 0.25) is 0 Å². The maximum absolute atomic E-state index is 12.5. The Morgan fingerprint density at radius 2 is 1.86 bits per heavy atom. The zero-order valence-electron chi connectivity index (χ0n) is 17.7. The highest BCUT2D eigenvalue weighted by Crippen LogP contribution is 2.25. The number of hydrogen-bond acceptors (Lipinski definition) is 5. The van der Waals surface area contributed by atoms with Gasteiger partial charge in [-0.1, -0.05) is 44.2 Å². The zero-order chi connectivity index (χ0) is 20.5. The lowest BCUT2D eigenvalue weighted by Crippen LogP contribution is -2.41. The van der Waals surface area contributed by atoms with Crippen molar-refractivity contribution in [2.45, 2.75) is 33.1 Å². The lowest BCUT2D eigenvalue weighted by molar-refractivity contribution is -0.125. The molecule has 0 radical (unpaired) electrons. The topological polar surface area (TPSA) is 61.4 Å². The van der Waals surface area contributed by atoms with Gasteiger partial charge in [0.05, 0.1) is 5.69 Å². The molecule has 1 amide bonds. The molecule has 6 heteroatoms. The van der Waals surface area contributed by atoms with Gasteiger partial charge in [0, 0.05) is 37.2 Å². The van der Waals surface area contributed by atoms with Crippen LogP contribution in [0.4, 0.5) is 5.82 Å². The van der Waals surface area contributed by atoms with Crippen molar-refractivity contribution < 1.29 is 4.79 Å². The SMILES string of the molecule is CCN(CC)CCCNC(=O)C1CCN(c2cc(-c3ccccc3)ncn2)CC1. The summed E-state index contributed by atoms with van der Waals surface area (Å²) in [6, 6.07) is 12.2. The number of rotatable bonds is 9. The fourth-order valence-corrected chi connectivity index (χ4v) is 3.86. The highest BCUT2D eigenvalue weighted by Gasteiger charge is 2.25. The van der Waals surface area contributed by atoms with Crippen molar-refractivity contribution in [2.24, 2.45) is 5.92 Å². The Labute approximate surface area is 174 Å². The Kier molecular flexibility index (Phi) is 7.99. The Morgan fingerprint density at radius 3 is 2.55 bits per heavy atom. The average Bonchev–Trinajstić information content (AvgIpc) is 2.80. The molecule has 0 aliphatic carbocycles. The average molecular weight is 396 g/mol. The predicted molar refractivity (Wildman–Crippen MR) is 118 cm³/mol. The Bertz CT molecular complexity index is 755. The van der Waals surface area contributed by atoms with Crippen LogP contribution in [0.15, 0.2) is 42.7 Å². The van der Waals surface area contributed by atoms with Gasteiger partial charge in [0.25, 0.3) is 0 Å². The van der Waals surface area contributed by atoms with Gasteiger partial charge in [-0.25, -0.2) is 9.97 Å². The first-order valence-corrected chi connectivity index (χ1v) is 10.8. The Hall–Kier alpha value is -2.47. The van der Waals surface area contributed by atoms with Crippen molar-refractivity contribution >= 4 is 11.7 Å². The molecule has 0 saturated carbocycles. The van der Waals surface area contributed by atoms with Gasteiger partial charge in [-0.05, 0) is 38.9 Å². The first kappa shape index (κ1) is 21.2. The first-order chi connectivity index (χ1) is 14.2. The van der Waals surface area contributed by atoms with Crippen molar-refractivity contribution in [1.82, 2.24) is 20.2 Å². The van der Waals surface area contributed by atoms with Crippen LogP contribution in [0.1, 0.15) is 33.1 Å². The molecule has 3 rings (SSSR count). The van der Waals surface area contributed by atoms with Crippen LogP contribution in [0.5, 0.6) is 0 Å². The zero-order valence-corrected chi connectivity index (χ0v) is 17.7. The number of hydrogen-bond donors (Lipinski definition) is 1. The van der Waals surface area contributed by atoms with Crippen LogP contribution in [0, 0.1) is 5.92 Å². The fraction of sp³-hybridized carbons (Fsp3) is 0.522. The van der Waals surface area contributed by atoms with Gasteiger partial charge in [0.15, 0.2) is 0 Å². The molecule has 6 nitrogen and oxygen atoms in total. The summed E-state index contributed by atoms with van der Waals surface area (Å²) in [5.41, 5.74) is 2.03. The molecule has 0 bridgehead atoms. The maximum atomic E-state index is 12.5. The predicted octanol–water partition coefficient (Wildman–Crippen LogP) is 3.21. The van der Waals surface area contributed by atoms with E-state index in [1.54, 1.807) is 6.33 Å². The highest BCUT2D eigenvalue weighted by atomic mass is 16.1. The molecule has 2 aromatic rings. The van der Waals surface area contributed by atoms with Gasteiger partial charge < -0.3 is 15.1 Å².